The Hall–Kier alpha value is -2.69. The lowest BCUT2D eigenvalue weighted by Crippen LogP contribution is -2.35. The van der Waals surface area contributed by atoms with E-state index in [1.807, 2.05) is 24.1 Å². The van der Waals surface area contributed by atoms with Gasteiger partial charge in [0.1, 0.15) is 16.5 Å². The van der Waals surface area contributed by atoms with Crippen LogP contribution in [-0.4, -0.2) is 49.6 Å². The molecule has 10 heteroatoms. The van der Waals surface area contributed by atoms with Crippen molar-refractivity contribution in [2.75, 3.05) is 29.8 Å². The third-order valence-electron chi connectivity index (χ3n) is 5.70. The van der Waals surface area contributed by atoms with Gasteiger partial charge in [0.25, 0.3) is 10.0 Å². The van der Waals surface area contributed by atoms with Gasteiger partial charge in [-0.1, -0.05) is 12.1 Å². The zero-order valence-electron chi connectivity index (χ0n) is 17.8. The summed E-state index contributed by atoms with van der Waals surface area (Å²) < 4.78 is 42.5. The van der Waals surface area contributed by atoms with Crippen molar-refractivity contribution in [2.45, 2.75) is 30.8 Å². The minimum Gasteiger partial charge on any atom is -0.508 e. The number of nitrogens with one attached hydrogen (secondary N) is 1. The Kier molecular flexibility index (Phi) is 6.36. The zero-order chi connectivity index (χ0) is 22.9. The topological polar surface area (TPSA) is 85.8 Å². The molecule has 1 aliphatic rings. The number of aromatic nitrogens is 1. The van der Waals surface area contributed by atoms with Crippen LogP contribution < -0.4 is 9.62 Å². The van der Waals surface area contributed by atoms with Crippen LogP contribution in [0.25, 0.3) is 0 Å². The van der Waals surface area contributed by atoms with Crippen LogP contribution in [0.3, 0.4) is 0 Å². The second kappa shape index (κ2) is 9.05. The molecule has 32 heavy (non-hydrogen) atoms. The van der Waals surface area contributed by atoms with E-state index in [-0.39, 0.29) is 17.6 Å². The molecule has 0 spiro atoms. The molecular weight excluding hydrogens is 451 g/mol. The van der Waals surface area contributed by atoms with Gasteiger partial charge in [-0.3, -0.25) is 9.62 Å². The van der Waals surface area contributed by atoms with Crippen LogP contribution in [0.1, 0.15) is 17.5 Å². The van der Waals surface area contributed by atoms with Crippen molar-refractivity contribution in [1.29, 1.82) is 0 Å². The number of aromatic hydroxyl groups is 1. The molecule has 2 N–H and O–H groups in total. The Morgan fingerprint density at radius 3 is 2.88 bits per heavy atom. The number of hydrogen-bond acceptors (Lipinski definition) is 7. The lowest BCUT2D eigenvalue weighted by Gasteiger charge is -2.29. The first-order valence-electron chi connectivity index (χ1n) is 10.2. The summed E-state index contributed by atoms with van der Waals surface area (Å²) in [5.41, 5.74) is 3.89. The van der Waals surface area contributed by atoms with E-state index in [2.05, 4.69) is 14.6 Å². The molecule has 1 unspecified atom stereocenters. The number of anilines is 2. The van der Waals surface area contributed by atoms with Gasteiger partial charge in [-0.15, -0.1) is 11.3 Å². The standard InChI is InChI=1S/C22H25FN4O3S2/c1-15-8-21(32(29,30)25-22-13-31-14-24-22)19(23)10-20(15)26(2)17-6-7-27(12-17)11-16-4-3-5-18(28)9-16/h3-5,8-10,13-14,17,25,28H,6-7,11-12H2,1-2H3. The monoisotopic (exact) mass is 476 g/mol. The summed E-state index contributed by atoms with van der Waals surface area (Å²) >= 11 is 1.25. The van der Waals surface area contributed by atoms with Crippen LogP contribution in [0, 0.1) is 12.7 Å². The fourth-order valence-electron chi connectivity index (χ4n) is 4.07. The average molecular weight is 477 g/mol. The fourth-order valence-corrected chi connectivity index (χ4v) is 5.77. The lowest BCUT2D eigenvalue weighted by molar-refractivity contribution is 0.325. The number of aryl methyl sites for hydroxylation is 1. The quantitative estimate of drug-likeness (QED) is 0.539. The van der Waals surface area contributed by atoms with Crippen LogP contribution >= 0.6 is 11.3 Å². The number of sulfonamides is 1. The van der Waals surface area contributed by atoms with Crippen LogP contribution in [0.2, 0.25) is 0 Å². The minimum atomic E-state index is -4.07. The first-order chi connectivity index (χ1) is 15.2. The van der Waals surface area contributed by atoms with E-state index in [4.69, 9.17) is 0 Å². The third-order valence-corrected chi connectivity index (χ3v) is 7.66. The van der Waals surface area contributed by atoms with Gasteiger partial charge in [-0.25, -0.2) is 17.8 Å². The van der Waals surface area contributed by atoms with Crippen LogP contribution in [0.4, 0.5) is 15.9 Å². The molecule has 0 saturated carbocycles. The van der Waals surface area contributed by atoms with Gasteiger partial charge < -0.3 is 10.0 Å². The predicted molar refractivity (Wildman–Crippen MR) is 124 cm³/mol. The summed E-state index contributed by atoms with van der Waals surface area (Å²) in [5.74, 6) is -0.374. The Balaban J connectivity index is 1.48. The second-order valence-electron chi connectivity index (χ2n) is 8.01. The van der Waals surface area contributed by atoms with Crippen molar-refractivity contribution in [3.63, 3.8) is 0 Å². The molecule has 0 amide bonds. The van der Waals surface area contributed by atoms with Crippen molar-refractivity contribution in [2.24, 2.45) is 0 Å². The largest absolute Gasteiger partial charge is 0.508 e. The summed E-state index contributed by atoms with van der Waals surface area (Å²) in [6.45, 7) is 4.19. The van der Waals surface area contributed by atoms with Crippen molar-refractivity contribution in [3.05, 3.63) is 64.2 Å². The van der Waals surface area contributed by atoms with Crippen molar-refractivity contribution >= 4 is 32.9 Å². The molecule has 3 aromatic rings. The summed E-state index contributed by atoms with van der Waals surface area (Å²) in [6, 6.07) is 10.1. The van der Waals surface area contributed by atoms with Gasteiger partial charge in [-0.2, -0.15) is 0 Å². The van der Waals surface area contributed by atoms with Crippen molar-refractivity contribution in [3.8, 4) is 5.75 Å². The number of benzene rings is 2. The van der Waals surface area contributed by atoms with Gasteiger partial charge in [-0.05, 0) is 48.7 Å². The zero-order valence-corrected chi connectivity index (χ0v) is 19.5. The van der Waals surface area contributed by atoms with Gasteiger partial charge in [0.15, 0.2) is 5.82 Å². The number of thiazole rings is 1. The molecule has 1 saturated heterocycles. The molecule has 0 aliphatic carbocycles. The number of nitrogens with zero attached hydrogens (tertiary/aromatic N) is 3. The number of likely N-dealkylation sites (N-methyl/N-ethyl adjacent to an activating group) is 1. The highest BCUT2D eigenvalue weighted by Gasteiger charge is 2.28. The molecule has 2 heterocycles. The van der Waals surface area contributed by atoms with Gasteiger partial charge in [0.2, 0.25) is 0 Å². The Morgan fingerprint density at radius 1 is 1.34 bits per heavy atom. The van der Waals surface area contributed by atoms with Gasteiger partial charge >= 0.3 is 0 Å². The summed E-state index contributed by atoms with van der Waals surface area (Å²) in [4.78, 5) is 7.82. The van der Waals surface area contributed by atoms with Crippen LogP contribution in [-0.2, 0) is 16.6 Å². The van der Waals surface area contributed by atoms with Crippen molar-refractivity contribution in [1.82, 2.24) is 9.88 Å². The van der Waals surface area contributed by atoms with E-state index in [9.17, 15) is 17.9 Å². The third kappa shape index (κ3) is 4.87. The maximum absolute atomic E-state index is 14.9. The Morgan fingerprint density at radius 2 is 2.16 bits per heavy atom. The van der Waals surface area contributed by atoms with Gasteiger partial charge in [0, 0.05) is 43.8 Å². The highest BCUT2D eigenvalue weighted by molar-refractivity contribution is 7.92. The van der Waals surface area contributed by atoms with E-state index < -0.39 is 20.7 Å². The number of phenols is 1. The van der Waals surface area contributed by atoms with Gasteiger partial charge in [0.05, 0.1) is 5.51 Å². The molecule has 4 rings (SSSR count). The molecule has 0 radical (unpaired) electrons. The first kappa shape index (κ1) is 22.5. The molecule has 170 valence electrons. The maximum atomic E-state index is 14.9. The lowest BCUT2D eigenvalue weighted by atomic mass is 10.1. The number of likely N-dealkylation sites (tertiary alicyclic amines) is 1. The molecule has 2 aromatic carbocycles. The highest BCUT2D eigenvalue weighted by Crippen LogP contribution is 2.30. The molecule has 1 fully saturated rings. The number of rotatable bonds is 7. The average Bonchev–Trinajstić information content (AvgIpc) is 3.40. The summed E-state index contributed by atoms with van der Waals surface area (Å²) in [7, 11) is -2.16. The molecule has 7 nitrogen and oxygen atoms in total. The molecule has 1 aromatic heterocycles. The van der Waals surface area contributed by atoms with E-state index in [1.54, 1.807) is 24.4 Å². The van der Waals surface area contributed by atoms with Crippen molar-refractivity contribution < 1.29 is 17.9 Å². The van der Waals surface area contributed by atoms with E-state index in [1.165, 1.54) is 29.0 Å². The highest BCUT2D eigenvalue weighted by atomic mass is 32.2. The SMILES string of the molecule is Cc1cc(S(=O)(=O)Nc2cscn2)c(F)cc1N(C)C1CCN(Cc2cccc(O)c2)C1. The Bertz CT molecular complexity index is 1200. The van der Waals surface area contributed by atoms with Crippen LogP contribution in [0.5, 0.6) is 5.75 Å². The molecular formula is C22H25FN4O3S2. The maximum Gasteiger partial charge on any atom is 0.266 e. The number of hydrogen-bond donors (Lipinski definition) is 2. The predicted octanol–water partition coefficient (Wildman–Crippen LogP) is 3.81. The van der Waals surface area contributed by atoms with Crippen LogP contribution in [0.15, 0.2) is 52.2 Å². The number of halogens is 1. The van der Waals surface area contributed by atoms with E-state index >= 15 is 0 Å². The number of phenolic OH excluding ortho intramolecular Hbond substituents is 1. The Labute approximate surface area is 191 Å². The second-order valence-corrected chi connectivity index (χ2v) is 10.4. The van der Waals surface area contributed by atoms with E-state index in [0.717, 1.165) is 31.6 Å². The fraction of sp³-hybridized carbons (Fsp3) is 0.318. The smallest absolute Gasteiger partial charge is 0.266 e. The summed E-state index contributed by atoms with van der Waals surface area (Å²) in [5, 5.41) is 11.2. The molecule has 0 bridgehead atoms. The first-order valence-corrected chi connectivity index (χ1v) is 12.6. The molecule has 1 atom stereocenters. The normalized spacial score (nSPS) is 16.9. The summed E-state index contributed by atoms with van der Waals surface area (Å²) in [6.07, 6.45) is 0.905. The molecule has 1 aliphatic heterocycles. The van der Waals surface area contributed by atoms with E-state index in [0.29, 0.717) is 11.3 Å². The minimum absolute atomic E-state index is 0.168.